The number of rotatable bonds is 3. The maximum Gasteiger partial charge on any atom is 0.369 e. The van der Waals surface area contributed by atoms with Gasteiger partial charge in [-0.2, -0.15) is 4.37 Å². The van der Waals surface area contributed by atoms with Crippen LogP contribution in [0.5, 0.6) is 0 Å². The van der Waals surface area contributed by atoms with E-state index in [1.54, 1.807) is 13.8 Å². The Morgan fingerprint density at radius 3 is 2.92 bits per heavy atom. The first-order valence-electron chi connectivity index (χ1n) is 3.80. The molecule has 0 aliphatic rings. The summed E-state index contributed by atoms with van der Waals surface area (Å²) in [5, 5.41) is -0.0243. The van der Waals surface area contributed by atoms with Crippen molar-refractivity contribution in [2.75, 3.05) is 6.61 Å². The second-order valence-electron chi connectivity index (χ2n) is 2.29. The van der Waals surface area contributed by atoms with Crippen molar-refractivity contribution in [3.05, 3.63) is 10.8 Å². The Balaban J connectivity index is 2.73. The molecule has 0 N–H and O–H groups in total. The highest BCUT2D eigenvalue weighted by Crippen LogP contribution is 2.18. The average molecular weight is 221 g/mol. The zero-order valence-electron chi connectivity index (χ0n) is 7.28. The fourth-order valence-electron chi connectivity index (χ4n) is 0.672. The molecular formula is C7H9ClN2O2S. The number of carbonyl (C=O) groups excluding carboxylic acids is 1. The van der Waals surface area contributed by atoms with Crippen LogP contribution in [0.15, 0.2) is 0 Å². The highest BCUT2D eigenvalue weighted by molar-refractivity contribution is 7.07. The summed E-state index contributed by atoms with van der Waals surface area (Å²) in [5.41, 5.74) is 0. The Bertz CT molecular complexity index is 300. The molecule has 0 fully saturated rings. The lowest BCUT2D eigenvalue weighted by Gasteiger charge is -1.95. The molecule has 0 saturated heterocycles. The number of carbonyl (C=O) groups is 1. The Morgan fingerprint density at radius 1 is 1.77 bits per heavy atom. The van der Waals surface area contributed by atoms with Gasteiger partial charge >= 0.3 is 5.97 Å². The number of ether oxygens (including phenoxy) is 1. The van der Waals surface area contributed by atoms with Gasteiger partial charge in [0.05, 0.1) is 12.0 Å². The molecule has 6 heteroatoms. The van der Waals surface area contributed by atoms with Gasteiger partial charge in [0, 0.05) is 0 Å². The lowest BCUT2D eigenvalue weighted by Crippen LogP contribution is -2.04. The van der Waals surface area contributed by atoms with Crippen molar-refractivity contribution in [3.63, 3.8) is 0 Å². The molecule has 0 aliphatic heterocycles. The summed E-state index contributed by atoms with van der Waals surface area (Å²) >= 11 is 6.73. The largest absolute Gasteiger partial charge is 0.461 e. The molecule has 4 nitrogen and oxygen atoms in total. The molecule has 0 saturated carbocycles. The molecule has 1 unspecified atom stereocenters. The van der Waals surface area contributed by atoms with E-state index >= 15 is 0 Å². The summed E-state index contributed by atoms with van der Waals surface area (Å²) in [6.07, 6.45) is 0. The number of nitrogens with zero attached hydrogens (tertiary/aromatic N) is 2. The third-order valence-corrected chi connectivity index (χ3v) is 2.15. The lowest BCUT2D eigenvalue weighted by atomic mass is 10.4. The molecule has 1 aromatic heterocycles. The van der Waals surface area contributed by atoms with Gasteiger partial charge in [-0.05, 0) is 25.4 Å². The van der Waals surface area contributed by atoms with Crippen LogP contribution in [0.25, 0.3) is 0 Å². The van der Waals surface area contributed by atoms with Crippen molar-refractivity contribution >= 4 is 29.1 Å². The average Bonchev–Trinajstić information content (AvgIpc) is 2.52. The number of hydrogen-bond acceptors (Lipinski definition) is 5. The van der Waals surface area contributed by atoms with Crippen LogP contribution < -0.4 is 0 Å². The van der Waals surface area contributed by atoms with Crippen LogP contribution in [-0.2, 0) is 4.74 Å². The van der Waals surface area contributed by atoms with Crippen molar-refractivity contribution in [2.45, 2.75) is 19.2 Å². The molecule has 1 rings (SSSR count). The van der Waals surface area contributed by atoms with E-state index in [9.17, 15) is 4.79 Å². The quantitative estimate of drug-likeness (QED) is 0.578. The molecule has 0 aromatic carbocycles. The van der Waals surface area contributed by atoms with Crippen LogP contribution >= 0.6 is 23.1 Å². The third kappa shape index (κ3) is 2.63. The standard InChI is InChI=1S/C7H9ClN2O2S/c1-3-12-7(11)6-9-5(4(2)8)10-13-6/h4H,3H2,1-2H3. The van der Waals surface area contributed by atoms with Gasteiger partial charge < -0.3 is 4.74 Å². The maximum absolute atomic E-state index is 11.1. The molecular weight excluding hydrogens is 212 g/mol. The van der Waals surface area contributed by atoms with E-state index < -0.39 is 5.97 Å². The Morgan fingerprint density at radius 2 is 2.46 bits per heavy atom. The summed E-state index contributed by atoms with van der Waals surface area (Å²) in [4.78, 5) is 15.1. The Kier molecular flexibility index (Phi) is 3.62. The van der Waals surface area contributed by atoms with E-state index in [2.05, 4.69) is 9.36 Å². The molecule has 1 aromatic rings. The minimum absolute atomic E-state index is 0.254. The van der Waals surface area contributed by atoms with E-state index in [4.69, 9.17) is 16.3 Å². The van der Waals surface area contributed by atoms with Crippen molar-refractivity contribution in [1.82, 2.24) is 9.36 Å². The van der Waals surface area contributed by atoms with Gasteiger partial charge in [-0.3, -0.25) is 0 Å². The predicted molar refractivity (Wildman–Crippen MR) is 50.1 cm³/mol. The summed E-state index contributed by atoms with van der Waals surface area (Å²) in [5.74, 6) is 0.0262. The van der Waals surface area contributed by atoms with Crippen LogP contribution in [-0.4, -0.2) is 21.9 Å². The van der Waals surface area contributed by atoms with Gasteiger partial charge in [-0.1, -0.05) is 0 Å². The fraction of sp³-hybridized carbons (Fsp3) is 0.571. The highest BCUT2D eigenvalue weighted by atomic mass is 35.5. The summed E-state index contributed by atoms with van der Waals surface area (Å²) in [6, 6.07) is 0. The molecule has 0 bridgehead atoms. The van der Waals surface area contributed by atoms with Crippen molar-refractivity contribution in [3.8, 4) is 0 Å². The zero-order chi connectivity index (χ0) is 9.84. The monoisotopic (exact) mass is 220 g/mol. The molecule has 1 atom stereocenters. The lowest BCUT2D eigenvalue weighted by molar-refractivity contribution is 0.0525. The second kappa shape index (κ2) is 4.53. The molecule has 72 valence electrons. The topological polar surface area (TPSA) is 52.1 Å². The van der Waals surface area contributed by atoms with Crippen LogP contribution in [0, 0.1) is 0 Å². The van der Waals surface area contributed by atoms with Crippen LogP contribution in [0.2, 0.25) is 0 Å². The van der Waals surface area contributed by atoms with Gasteiger partial charge in [-0.15, -0.1) is 11.6 Å². The van der Waals surface area contributed by atoms with Crippen LogP contribution in [0.4, 0.5) is 0 Å². The Hall–Kier alpha value is -0.680. The molecule has 0 radical (unpaired) electrons. The van der Waals surface area contributed by atoms with Crippen LogP contribution in [0.3, 0.4) is 0 Å². The minimum Gasteiger partial charge on any atom is -0.461 e. The first-order chi connectivity index (χ1) is 6.15. The molecule has 13 heavy (non-hydrogen) atoms. The van der Waals surface area contributed by atoms with Crippen molar-refractivity contribution < 1.29 is 9.53 Å². The summed E-state index contributed by atoms with van der Waals surface area (Å²) in [7, 11) is 0. The zero-order valence-corrected chi connectivity index (χ0v) is 8.85. The SMILES string of the molecule is CCOC(=O)c1nc(C(C)Cl)ns1. The second-order valence-corrected chi connectivity index (χ2v) is 3.70. The molecule has 0 amide bonds. The third-order valence-electron chi connectivity index (χ3n) is 1.25. The van der Waals surface area contributed by atoms with Gasteiger partial charge in [0.1, 0.15) is 0 Å². The first kappa shape index (κ1) is 10.4. The highest BCUT2D eigenvalue weighted by Gasteiger charge is 2.15. The van der Waals surface area contributed by atoms with E-state index in [1.807, 2.05) is 0 Å². The number of esters is 1. The van der Waals surface area contributed by atoms with E-state index in [0.29, 0.717) is 12.4 Å². The van der Waals surface area contributed by atoms with Crippen molar-refractivity contribution in [1.29, 1.82) is 0 Å². The Labute approximate surface area is 85.1 Å². The first-order valence-corrected chi connectivity index (χ1v) is 5.01. The van der Waals surface area contributed by atoms with Gasteiger partial charge in [-0.25, -0.2) is 9.78 Å². The summed E-state index contributed by atoms with van der Waals surface area (Å²) < 4.78 is 8.66. The minimum atomic E-state index is -0.441. The smallest absolute Gasteiger partial charge is 0.369 e. The number of hydrogen-bond donors (Lipinski definition) is 0. The molecule has 0 spiro atoms. The van der Waals surface area contributed by atoms with E-state index in [1.165, 1.54) is 0 Å². The molecule has 1 heterocycles. The van der Waals surface area contributed by atoms with Gasteiger partial charge in [0.2, 0.25) is 5.01 Å². The van der Waals surface area contributed by atoms with Gasteiger partial charge in [0.15, 0.2) is 5.82 Å². The summed E-state index contributed by atoms with van der Waals surface area (Å²) in [6.45, 7) is 3.83. The fourth-order valence-corrected chi connectivity index (χ4v) is 1.47. The molecule has 0 aliphatic carbocycles. The number of alkyl halides is 1. The van der Waals surface area contributed by atoms with Gasteiger partial charge in [0.25, 0.3) is 0 Å². The predicted octanol–water partition coefficient (Wildman–Crippen LogP) is 2.01. The number of aromatic nitrogens is 2. The normalized spacial score (nSPS) is 12.5. The van der Waals surface area contributed by atoms with Crippen molar-refractivity contribution in [2.24, 2.45) is 0 Å². The van der Waals surface area contributed by atoms with E-state index in [-0.39, 0.29) is 10.4 Å². The van der Waals surface area contributed by atoms with E-state index in [0.717, 1.165) is 11.5 Å². The maximum atomic E-state index is 11.1. The van der Waals surface area contributed by atoms with Crippen LogP contribution in [0.1, 0.15) is 34.9 Å². The number of halogens is 1.